The maximum atomic E-state index is 14.3. The van der Waals surface area contributed by atoms with E-state index in [1.807, 2.05) is 18.2 Å². The van der Waals surface area contributed by atoms with E-state index in [0.29, 0.717) is 5.56 Å². The van der Waals surface area contributed by atoms with Crippen molar-refractivity contribution in [3.8, 4) is 0 Å². The van der Waals surface area contributed by atoms with Crippen LogP contribution in [0.3, 0.4) is 0 Å². The quantitative estimate of drug-likeness (QED) is 0.871. The van der Waals surface area contributed by atoms with Crippen LogP contribution in [0.25, 0.3) is 0 Å². The molecule has 98 valence electrons. The Hall–Kier alpha value is -1.38. The lowest BCUT2D eigenvalue weighted by molar-refractivity contribution is -0.131. The molecule has 1 aromatic rings. The molecule has 0 bridgehead atoms. The first-order valence-electron chi connectivity index (χ1n) is 6.63. The molecule has 1 fully saturated rings. The van der Waals surface area contributed by atoms with E-state index >= 15 is 0 Å². The SMILES string of the molecule is NC(=O)C1(CC(F)c2ccccc2)CCCCC1. The molecule has 1 saturated carbocycles. The zero-order valence-corrected chi connectivity index (χ0v) is 10.6. The van der Waals surface area contributed by atoms with Crippen LogP contribution < -0.4 is 5.73 Å². The van der Waals surface area contributed by atoms with Gasteiger partial charge in [-0.05, 0) is 24.8 Å². The summed E-state index contributed by atoms with van der Waals surface area (Å²) in [5.41, 5.74) is 5.53. The van der Waals surface area contributed by atoms with Crippen molar-refractivity contribution in [3.05, 3.63) is 35.9 Å². The summed E-state index contributed by atoms with van der Waals surface area (Å²) in [5, 5.41) is 0. The van der Waals surface area contributed by atoms with Gasteiger partial charge in [0.1, 0.15) is 6.17 Å². The zero-order chi connectivity index (χ0) is 13.0. The number of primary amides is 1. The molecule has 1 unspecified atom stereocenters. The Morgan fingerprint density at radius 2 is 1.83 bits per heavy atom. The number of hydrogen-bond acceptors (Lipinski definition) is 1. The van der Waals surface area contributed by atoms with Crippen molar-refractivity contribution in [1.82, 2.24) is 0 Å². The summed E-state index contributed by atoms with van der Waals surface area (Å²) < 4.78 is 14.3. The van der Waals surface area contributed by atoms with Crippen molar-refractivity contribution in [2.24, 2.45) is 11.1 Å². The molecule has 3 heteroatoms. The molecule has 1 aliphatic carbocycles. The van der Waals surface area contributed by atoms with E-state index in [9.17, 15) is 9.18 Å². The molecule has 0 aromatic heterocycles. The number of hydrogen-bond donors (Lipinski definition) is 1. The van der Waals surface area contributed by atoms with Crippen LogP contribution in [-0.4, -0.2) is 5.91 Å². The summed E-state index contributed by atoms with van der Waals surface area (Å²) in [6.07, 6.45) is 3.67. The smallest absolute Gasteiger partial charge is 0.223 e. The van der Waals surface area contributed by atoms with Crippen molar-refractivity contribution in [3.63, 3.8) is 0 Å². The minimum absolute atomic E-state index is 0.229. The first-order valence-corrected chi connectivity index (χ1v) is 6.63. The number of halogens is 1. The third-order valence-electron chi connectivity index (χ3n) is 4.06. The van der Waals surface area contributed by atoms with Crippen LogP contribution in [0.1, 0.15) is 50.3 Å². The molecule has 0 saturated heterocycles. The van der Waals surface area contributed by atoms with E-state index in [1.165, 1.54) is 0 Å². The highest BCUT2D eigenvalue weighted by atomic mass is 19.1. The van der Waals surface area contributed by atoms with Crippen LogP contribution in [0.5, 0.6) is 0 Å². The molecular formula is C15H20FNO. The first-order chi connectivity index (χ1) is 8.64. The summed E-state index contributed by atoms with van der Waals surface area (Å²) in [5.74, 6) is -0.333. The highest BCUT2D eigenvalue weighted by molar-refractivity contribution is 5.81. The molecule has 1 aliphatic rings. The molecular weight excluding hydrogens is 229 g/mol. The molecule has 0 radical (unpaired) electrons. The van der Waals surface area contributed by atoms with Gasteiger partial charge in [-0.1, -0.05) is 49.6 Å². The Morgan fingerprint density at radius 3 is 2.39 bits per heavy atom. The third kappa shape index (κ3) is 2.71. The van der Waals surface area contributed by atoms with E-state index < -0.39 is 11.6 Å². The monoisotopic (exact) mass is 249 g/mol. The van der Waals surface area contributed by atoms with Gasteiger partial charge in [-0.25, -0.2) is 4.39 Å². The second-order valence-electron chi connectivity index (χ2n) is 5.29. The zero-order valence-electron chi connectivity index (χ0n) is 10.6. The van der Waals surface area contributed by atoms with E-state index in [1.54, 1.807) is 12.1 Å². The van der Waals surface area contributed by atoms with E-state index in [-0.39, 0.29) is 12.3 Å². The van der Waals surface area contributed by atoms with Gasteiger partial charge in [0.05, 0.1) is 5.41 Å². The van der Waals surface area contributed by atoms with Gasteiger partial charge in [0.2, 0.25) is 5.91 Å². The topological polar surface area (TPSA) is 43.1 Å². The number of amides is 1. The van der Waals surface area contributed by atoms with Crippen LogP contribution in [0.4, 0.5) is 4.39 Å². The van der Waals surface area contributed by atoms with Crippen LogP contribution in [0.15, 0.2) is 30.3 Å². The highest BCUT2D eigenvalue weighted by Crippen LogP contribution is 2.43. The van der Waals surface area contributed by atoms with E-state index in [0.717, 1.165) is 32.1 Å². The van der Waals surface area contributed by atoms with Crippen molar-refractivity contribution >= 4 is 5.91 Å². The fourth-order valence-electron chi connectivity index (χ4n) is 2.90. The van der Waals surface area contributed by atoms with Crippen LogP contribution >= 0.6 is 0 Å². The summed E-state index contributed by atoms with van der Waals surface area (Å²) >= 11 is 0. The van der Waals surface area contributed by atoms with E-state index in [2.05, 4.69) is 0 Å². The fourth-order valence-corrected chi connectivity index (χ4v) is 2.90. The lowest BCUT2D eigenvalue weighted by Gasteiger charge is -2.35. The van der Waals surface area contributed by atoms with Gasteiger partial charge in [0.25, 0.3) is 0 Å². The van der Waals surface area contributed by atoms with Crippen LogP contribution in [0, 0.1) is 5.41 Å². The van der Waals surface area contributed by atoms with Crippen molar-refractivity contribution < 1.29 is 9.18 Å². The molecule has 0 aliphatic heterocycles. The standard InChI is InChI=1S/C15H20FNO/c16-13(12-7-3-1-4-8-12)11-15(14(17)18)9-5-2-6-10-15/h1,3-4,7-8,13H,2,5-6,9-11H2,(H2,17,18). The normalized spacial score (nSPS) is 20.3. The van der Waals surface area contributed by atoms with Gasteiger partial charge < -0.3 is 5.73 Å². The third-order valence-corrected chi connectivity index (χ3v) is 4.06. The Labute approximate surface area is 107 Å². The Balaban J connectivity index is 2.12. The molecule has 2 nitrogen and oxygen atoms in total. The molecule has 2 rings (SSSR count). The predicted octanol–water partition coefficient (Wildman–Crippen LogP) is 3.52. The van der Waals surface area contributed by atoms with E-state index in [4.69, 9.17) is 5.73 Å². The van der Waals surface area contributed by atoms with Gasteiger partial charge in [0, 0.05) is 0 Å². The lowest BCUT2D eigenvalue weighted by Crippen LogP contribution is -2.39. The van der Waals surface area contributed by atoms with Crippen LogP contribution in [-0.2, 0) is 4.79 Å². The Morgan fingerprint density at radius 1 is 1.22 bits per heavy atom. The second kappa shape index (κ2) is 5.51. The number of rotatable bonds is 4. The molecule has 1 aromatic carbocycles. The molecule has 1 atom stereocenters. The number of benzene rings is 1. The Kier molecular flexibility index (Phi) is 4.00. The summed E-state index contributed by atoms with van der Waals surface area (Å²) in [4.78, 5) is 11.7. The first kappa shape index (κ1) is 13.1. The van der Waals surface area contributed by atoms with Gasteiger partial charge in [-0.2, -0.15) is 0 Å². The Bertz CT molecular complexity index is 398. The van der Waals surface area contributed by atoms with Crippen molar-refractivity contribution in [2.45, 2.75) is 44.7 Å². The highest BCUT2D eigenvalue weighted by Gasteiger charge is 2.40. The number of carbonyl (C=O) groups is 1. The number of nitrogens with two attached hydrogens (primary N) is 1. The lowest BCUT2D eigenvalue weighted by atomic mass is 9.70. The maximum absolute atomic E-state index is 14.3. The van der Waals surface area contributed by atoms with Gasteiger partial charge in [-0.15, -0.1) is 0 Å². The van der Waals surface area contributed by atoms with Crippen molar-refractivity contribution in [1.29, 1.82) is 0 Å². The summed E-state index contributed by atoms with van der Waals surface area (Å²) in [6.45, 7) is 0. The minimum Gasteiger partial charge on any atom is -0.369 e. The van der Waals surface area contributed by atoms with Crippen molar-refractivity contribution in [2.75, 3.05) is 0 Å². The predicted molar refractivity (Wildman–Crippen MR) is 69.6 cm³/mol. The maximum Gasteiger partial charge on any atom is 0.223 e. The van der Waals surface area contributed by atoms with Crippen LogP contribution in [0.2, 0.25) is 0 Å². The second-order valence-corrected chi connectivity index (χ2v) is 5.29. The van der Waals surface area contributed by atoms with Gasteiger partial charge in [0.15, 0.2) is 0 Å². The van der Waals surface area contributed by atoms with Gasteiger partial charge >= 0.3 is 0 Å². The number of alkyl halides is 1. The minimum atomic E-state index is -1.10. The van der Waals surface area contributed by atoms with Gasteiger partial charge in [-0.3, -0.25) is 4.79 Å². The summed E-state index contributed by atoms with van der Waals surface area (Å²) in [7, 11) is 0. The molecule has 0 spiro atoms. The average molecular weight is 249 g/mol. The molecule has 1 amide bonds. The average Bonchev–Trinajstić information content (AvgIpc) is 2.40. The number of carbonyl (C=O) groups excluding carboxylic acids is 1. The fraction of sp³-hybridized carbons (Fsp3) is 0.533. The largest absolute Gasteiger partial charge is 0.369 e. The molecule has 0 heterocycles. The molecule has 2 N–H and O–H groups in total. The molecule has 18 heavy (non-hydrogen) atoms. The summed E-state index contributed by atoms with van der Waals surface area (Å²) in [6, 6.07) is 9.03.